The van der Waals surface area contributed by atoms with Crippen LogP contribution in [0.5, 0.6) is 0 Å². The van der Waals surface area contributed by atoms with Gasteiger partial charge in [-0.05, 0) is 100 Å². The molecule has 1 aliphatic rings. The zero-order valence-corrected chi connectivity index (χ0v) is 27.4. The van der Waals surface area contributed by atoms with Crippen LogP contribution in [0, 0.1) is 11.3 Å². The summed E-state index contributed by atoms with van der Waals surface area (Å²) in [5.74, 6) is 4.87. The average Bonchev–Trinajstić information content (AvgIpc) is 2.88. The van der Waals surface area contributed by atoms with Crippen molar-refractivity contribution in [2.75, 3.05) is 42.8 Å². The summed E-state index contributed by atoms with van der Waals surface area (Å²) in [7, 11) is 0. The lowest BCUT2D eigenvalue weighted by Crippen LogP contribution is -2.39. The lowest BCUT2D eigenvalue weighted by molar-refractivity contribution is -0.380. The third-order valence-corrected chi connectivity index (χ3v) is 9.84. The van der Waals surface area contributed by atoms with Crippen molar-refractivity contribution < 1.29 is 14.2 Å². The van der Waals surface area contributed by atoms with Gasteiger partial charge in [0.05, 0.1) is 0 Å². The molecule has 1 saturated carbocycles. The normalized spacial score (nSPS) is 17.9. The van der Waals surface area contributed by atoms with E-state index in [2.05, 4.69) is 37.0 Å². The van der Waals surface area contributed by atoms with Crippen molar-refractivity contribution in [3.8, 4) is 0 Å². The Morgan fingerprint density at radius 3 is 1.73 bits per heavy atom. The third kappa shape index (κ3) is 15.5. The summed E-state index contributed by atoms with van der Waals surface area (Å²) in [6.07, 6.45) is 23.9. The second-order valence-electron chi connectivity index (χ2n) is 10.9. The fraction of sp³-hybridized carbons (Fsp3) is 1.00. The van der Waals surface area contributed by atoms with Gasteiger partial charge in [-0.25, -0.2) is 0 Å². The van der Waals surface area contributed by atoms with E-state index in [-0.39, 0.29) is 0 Å². The second-order valence-corrected chi connectivity index (χ2v) is 13.0. The Balaban J connectivity index is 2.00. The van der Waals surface area contributed by atoms with Crippen LogP contribution < -0.4 is 0 Å². The van der Waals surface area contributed by atoms with E-state index < -0.39 is 5.97 Å². The van der Waals surface area contributed by atoms with Crippen molar-refractivity contribution in [3.63, 3.8) is 0 Å². The molecule has 37 heavy (non-hydrogen) atoms. The van der Waals surface area contributed by atoms with Crippen molar-refractivity contribution in [2.24, 2.45) is 11.3 Å². The molecule has 0 aromatic carbocycles. The van der Waals surface area contributed by atoms with Crippen LogP contribution >= 0.6 is 37.0 Å². The molecule has 1 aliphatic carbocycles. The van der Waals surface area contributed by atoms with Gasteiger partial charge in [0, 0.05) is 26.2 Å². The predicted octanol–water partition coefficient (Wildman–Crippen LogP) is 9.98. The molecule has 0 N–H and O–H groups in total. The van der Waals surface area contributed by atoms with E-state index >= 15 is 0 Å². The maximum Gasteiger partial charge on any atom is 0.282 e. The van der Waals surface area contributed by atoms with Gasteiger partial charge in [-0.2, -0.15) is 37.0 Å². The molecule has 1 rings (SSSR count). The highest BCUT2D eigenvalue weighted by molar-refractivity contribution is 7.99. The number of ether oxygens (including phenoxy) is 3. The Morgan fingerprint density at radius 2 is 1.22 bits per heavy atom. The largest absolute Gasteiger partial charge is 0.328 e. The molecule has 3 nitrogen and oxygen atoms in total. The van der Waals surface area contributed by atoms with Gasteiger partial charge in [-0.3, -0.25) is 0 Å². The second kappa shape index (κ2) is 23.6. The molecule has 0 aliphatic heterocycles. The molecule has 1 unspecified atom stereocenters. The summed E-state index contributed by atoms with van der Waals surface area (Å²) in [4.78, 5) is 0. The minimum atomic E-state index is -0.824. The van der Waals surface area contributed by atoms with Crippen molar-refractivity contribution in [1.29, 1.82) is 0 Å². The number of rotatable bonds is 26. The molecule has 1 atom stereocenters. The van der Waals surface area contributed by atoms with Crippen LogP contribution in [-0.2, 0) is 14.2 Å². The van der Waals surface area contributed by atoms with Crippen LogP contribution in [-0.4, -0.2) is 48.8 Å². The van der Waals surface area contributed by atoms with E-state index in [0.29, 0.717) is 25.2 Å². The summed E-state index contributed by atoms with van der Waals surface area (Å²) < 4.78 is 17.5. The van der Waals surface area contributed by atoms with Crippen molar-refractivity contribution in [1.82, 2.24) is 0 Å². The number of thiol groups is 2. The molecular formula is C31H62O3S3. The van der Waals surface area contributed by atoms with E-state index in [1.807, 2.05) is 20.8 Å². The summed E-state index contributed by atoms with van der Waals surface area (Å²) in [6.45, 7) is 7.87. The first kappa shape index (κ1) is 36.0. The Labute approximate surface area is 246 Å². The fourth-order valence-electron chi connectivity index (χ4n) is 6.35. The van der Waals surface area contributed by atoms with Crippen LogP contribution in [0.25, 0.3) is 0 Å². The Morgan fingerprint density at radius 1 is 0.703 bits per heavy atom. The molecule has 0 aromatic heterocycles. The molecule has 0 aromatic rings. The molecule has 222 valence electrons. The Hall–Kier alpha value is 0.930. The monoisotopic (exact) mass is 578 g/mol. The minimum absolute atomic E-state index is 0.545. The summed E-state index contributed by atoms with van der Waals surface area (Å²) in [5.41, 5.74) is 0.545. The molecular weight excluding hydrogens is 517 g/mol. The van der Waals surface area contributed by atoms with Crippen LogP contribution in [0.4, 0.5) is 0 Å². The van der Waals surface area contributed by atoms with Crippen LogP contribution in [0.1, 0.15) is 136 Å². The van der Waals surface area contributed by atoms with Gasteiger partial charge in [0.15, 0.2) is 0 Å². The van der Waals surface area contributed by atoms with Gasteiger partial charge < -0.3 is 14.2 Å². The predicted molar refractivity (Wildman–Crippen MR) is 172 cm³/mol. The van der Waals surface area contributed by atoms with E-state index in [9.17, 15) is 0 Å². The summed E-state index contributed by atoms with van der Waals surface area (Å²) >= 11 is 11.4. The first-order valence-corrected chi connectivity index (χ1v) is 18.2. The quantitative estimate of drug-likeness (QED) is 0.0607. The highest BCUT2D eigenvalue weighted by Gasteiger charge is 2.38. The van der Waals surface area contributed by atoms with Crippen molar-refractivity contribution in [2.45, 2.75) is 142 Å². The maximum atomic E-state index is 5.83. The molecule has 0 spiro atoms. The van der Waals surface area contributed by atoms with Crippen molar-refractivity contribution >= 4 is 37.0 Å². The molecule has 0 radical (unpaired) electrons. The topological polar surface area (TPSA) is 27.7 Å². The molecule has 0 bridgehead atoms. The van der Waals surface area contributed by atoms with Gasteiger partial charge >= 0.3 is 0 Å². The Bertz CT molecular complexity index is 478. The standard InChI is InChI=1S/C31H62O3S3/c1-4-32-31(33-5-2,34-6-3)22-16-13-11-9-7-8-10-12-14-18-27-37-28-20-29-19-15-17-21-30(29,23-25-35)24-26-36/h29,35-36H,4-28H2,1-3H3. The number of hydrogen-bond acceptors (Lipinski definition) is 6. The average molecular weight is 579 g/mol. The number of hydrogen-bond donors (Lipinski definition) is 2. The van der Waals surface area contributed by atoms with Gasteiger partial charge in [-0.1, -0.05) is 64.2 Å². The van der Waals surface area contributed by atoms with Gasteiger partial charge in [0.25, 0.3) is 5.97 Å². The summed E-state index contributed by atoms with van der Waals surface area (Å²) in [5, 5.41) is 0. The maximum absolute atomic E-state index is 5.83. The lowest BCUT2D eigenvalue weighted by Gasteiger charge is -2.44. The summed E-state index contributed by atoms with van der Waals surface area (Å²) in [6, 6.07) is 0. The fourth-order valence-corrected chi connectivity index (χ4v) is 8.30. The molecule has 1 fully saturated rings. The first-order valence-electron chi connectivity index (χ1n) is 15.8. The van der Waals surface area contributed by atoms with Crippen LogP contribution in [0.3, 0.4) is 0 Å². The van der Waals surface area contributed by atoms with Gasteiger partial charge in [0.2, 0.25) is 0 Å². The first-order chi connectivity index (χ1) is 18.1. The van der Waals surface area contributed by atoms with E-state index in [1.54, 1.807) is 0 Å². The van der Waals surface area contributed by atoms with E-state index in [0.717, 1.165) is 30.3 Å². The molecule has 0 saturated heterocycles. The number of unbranched alkanes of at least 4 members (excludes halogenated alkanes) is 9. The molecule has 0 amide bonds. The SMILES string of the molecule is CCOC(CCCCCCCCCCCCSCCC1CCCCC1(CCS)CCS)(OCC)OCC. The van der Waals surface area contributed by atoms with Crippen LogP contribution in [0.15, 0.2) is 0 Å². The molecule has 0 heterocycles. The zero-order valence-electron chi connectivity index (χ0n) is 24.8. The van der Waals surface area contributed by atoms with E-state index in [1.165, 1.54) is 114 Å². The third-order valence-electron chi connectivity index (χ3n) is 8.29. The number of thioether (sulfide) groups is 1. The smallest absolute Gasteiger partial charge is 0.282 e. The lowest BCUT2D eigenvalue weighted by atomic mass is 9.62. The van der Waals surface area contributed by atoms with Gasteiger partial charge in [-0.15, -0.1) is 0 Å². The Kier molecular flexibility index (Phi) is 23.0. The highest BCUT2D eigenvalue weighted by atomic mass is 32.2. The van der Waals surface area contributed by atoms with Crippen LogP contribution in [0.2, 0.25) is 0 Å². The molecule has 6 heteroatoms. The highest BCUT2D eigenvalue weighted by Crippen LogP contribution is 2.49. The van der Waals surface area contributed by atoms with Gasteiger partial charge in [0.1, 0.15) is 0 Å². The zero-order chi connectivity index (χ0) is 27.1. The minimum Gasteiger partial charge on any atom is -0.328 e. The van der Waals surface area contributed by atoms with E-state index in [4.69, 9.17) is 14.2 Å². The van der Waals surface area contributed by atoms with Crippen molar-refractivity contribution in [3.05, 3.63) is 0 Å².